The molecule has 0 aliphatic carbocycles. The summed E-state index contributed by atoms with van der Waals surface area (Å²) in [5.41, 5.74) is 1.33. The number of hydrogen-bond acceptors (Lipinski definition) is 7. The number of esters is 2. The summed E-state index contributed by atoms with van der Waals surface area (Å²) in [5, 5.41) is 13.2. The van der Waals surface area contributed by atoms with E-state index in [1.165, 1.54) is 27.1 Å². The summed E-state index contributed by atoms with van der Waals surface area (Å²) in [4.78, 5) is 23.2. The minimum absolute atomic E-state index is 0.162. The third-order valence-electron chi connectivity index (χ3n) is 3.88. The molecule has 144 valence electrons. The van der Waals surface area contributed by atoms with Crippen molar-refractivity contribution in [3.05, 3.63) is 59.7 Å². The van der Waals surface area contributed by atoms with Gasteiger partial charge in [-0.15, -0.1) is 0 Å². The zero-order valence-electron chi connectivity index (χ0n) is 15.5. The van der Waals surface area contributed by atoms with Gasteiger partial charge in [-0.1, -0.05) is 36.4 Å². The van der Waals surface area contributed by atoms with E-state index in [0.717, 1.165) is 5.56 Å². The number of aliphatic hydroxyl groups excluding tert-OH is 1. The SMILES string of the molecule is CN[C@@H](C(=O)OC)[C@H](O)c1ccc(OCc2ccccc2)c(OC(C)=O)c1. The third kappa shape index (κ3) is 5.54. The summed E-state index contributed by atoms with van der Waals surface area (Å²) >= 11 is 0. The number of nitrogens with one attached hydrogen (secondary N) is 1. The number of hydrogen-bond donors (Lipinski definition) is 2. The zero-order valence-corrected chi connectivity index (χ0v) is 15.5. The van der Waals surface area contributed by atoms with E-state index in [-0.39, 0.29) is 12.4 Å². The van der Waals surface area contributed by atoms with Crippen molar-refractivity contribution >= 4 is 11.9 Å². The Kier molecular flexibility index (Phi) is 7.34. The molecule has 2 N–H and O–H groups in total. The Bertz CT molecular complexity index is 777. The number of carbonyl (C=O) groups is 2. The smallest absolute Gasteiger partial charge is 0.325 e. The predicted octanol–water partition coefficient (Wildman–Crippen LogP) is 1.99. The van der Waals surface area contributed by atoms with Crippen LogP contribution in [0.3, 0.4) is 0 Å². The topological polar surface area (TPSA) is 94.1 Å². The van der Waals surface area contributed by atoms with Gasteiger partial charge in [0, 0.05) is 6.92 Å². The molecule has 0 aromatic heterocycles. The van der Waals surface area contributed by atoms with Gasteiger partial charge in [-0.3, -0.25) is 9.59 Å². The summed E-state index contributed by atoms with van der Waals surface area (Å²) in [5.74, 6) is -0.619. The molecule has 0 radical (unpaired) electrons. The fourth-order valence-corrected chi connectivity index (χ4v) is 2.52. The molecule has 0 aliphatic heterocycles. The molecule has 0 unspecified atom stereocenters. The molecule has 7 heteroatoms. The largest absolute Gasteiger partial charge is 0.485 e. The number of carbonyl (C=O) groups excluding carboxylic acids is 2. The van der Waals surface area contributed by atoms with Crippen LogP contribution < -0.4 is 14.8 Å². The van der Waals surface area contributed by atoms with Gasteiger partial charge in [0.1, 0.15) is 18.8 Å². The van der Waals surface area contributed by atoms with Gasteiger partial charge in [-0.05, 0) is 30.3 Å². The second-order valence-electron chi connectivity index (χ2n) is 5.81. The quantitative estimate of drug-likeness (QED) is 0.540. The lowest BCUT2D eigenvalue weighted by Gasteiger charge is -2.21. The van der Waals surface area contributed by atoms with Crippen LogP contribution in [0.25, 0.3) is 0 Å². The Morgan fingerprint density at radius 2 is 1.81 bits per heavy atom. The minimum Gasteiger partial charge on any atom is -0.485 e. The maximum Gasteiger partial charge on any atom is 0.325 e. The van der Waals surface area contributed by atoms with Crippen molar-refractivity contribution in [2.45, 2.75) is 25.7 Å². The maximum atomic E-state index is 11.8. The van der Waals surface area contributed by atoms with Gasteiger partial charge < -0.3 is 24.6 Å². The molecule has 0 saturated heterocycles. The number of aliphatic hydroxyl groups is 1. The van der Waals surface area contributed by atoms with E-state index in [9.17, 15) is 14.7 Å². The summed E-state index contributed by atoms with van der Waals surface area (Å²) in [6.45, 7) is 1.56. The standard InChI is InChI=1S/C20H23NO6/c1-13(22)27-17-11-15(19(23)18(21-2)20(24)25-3)9-10-16(17)26-12-14-7-5-4-6-8-14/h4-11,18-19,21,23H,12H2,1-3H3/t18-,19-/m1/s1. The highest BCUT2D eigenvalue weighted by molar-refractivity contribution is 5.77. The molecule has 2 aromatic rings. The first-order valence-electron chi connectivity index (χ1n) is 8.38. The molecule has 27 heavy (non-hydrogen) atoms. The van der Waals surface area contributed by atoms with Crippen LogP contribution in [-0.2, 0) is 20.9 Å². The van der Waals surface area contributed by atoms with Crippen molar-refractivity contribution < 1.29 is 28.9 Å². The molecule has 2 rings (SSSR count). The molecule has 0 heterocycles. The van der Waals surface area contributed by atoms with E-state index in [0.29, 0.717) is 11.3 Å². The van der Waals surface area contributed by atoms with Crippen molar-refractivity contribution in [3.8, 4) is 11.5 Å². The van der Waals surface area contributed by atoms with Crippen LogP contribution in [0, 0.1) is 0 Å². The predicted molar refractivity (Wildman–Crippen MR) is 98.3 cm³/mol. The first-order chi connectivity index (χ1) is 13.0. The highest BCUT2D eigenvalue weighted by Gasteiger charge is 2.28. The van der Waals surface area contributed by atoms with E-state index in [1.807, 2.05) is 30.3 Å². The lowest BCUT2D eigenvalue weighted by molar-refractivity contribution is -0.146. The molecule has 7 nitrogen and oxygen atoms in total. The van der Waals surface area contributed by atoms with E-state index < -0.39 is 24.1 Å². The van der Waals surface area contributed by atoms with Crippen LogP contribution in [0.5, 0.6) is 11.5 Å². The average molecular weight is 373 g/mol. The molecule has 0 aliphatic rings. The zero-order chi connectivity index (χ0) is 19.8. The number of likely N-dealkylation sites (N-methyl/N-ethyl adjacent to an activating group) is 1. The summed E-state index contributed by atoms with van der Waals surface area (Å²) < 4.78 is 15.6. The molecule has 0 fully saturated rings. The maximum absolute atomic E-state index is 11.8. The Morgan fingerprint density at radius 1 is 1.11 bits per heavy atom. The number of rotatable bonds is 8. The summed E-state index contributed by atoms with van der Waals surface area (Å²) in [6.07, 6.45) is -1.19. The second kappa shape index (κ2) is 9.70. The van der Waals surface area contributed by atoms with E-state index in [1.54, 1.807) is 12.1 Å². The van der Waals surface area contributed by atoms with E-state index in [2.05, 4.69) is 10.1 Å². The lowest BCUT2D eigenvalue weighted by Crippen LogP contribution is -2.40. The molecular weight excluding hydrogens is 350 g/mol. The third-order valence-corrected chi connectivity index (χ3v) is 3.88. The van der Waals surface area contributed by atoms with Gasteiger partial charge in [-0.25, -0.2) is 0 Å². The molecule has 2 atom stereocenters. The van der Waals surface area contributed by atoms with Gasteiger partial charge in [0.05, 0.1) is 7.11 Å². The Morgan fingerprint density at radius 3 is 2.41 bits per heavy atom. The van der Waals surface area contributed by atoms with Crippen molar-refractivity contribution in [2.24, 2.45) is 0 Å². The molecule has 2 aromatic carbocycles. The van der Waals surface area contributed by atoms with Crippen LogP contribution >= 0.6 is 0 Å². The van der Waals surface area contributed by atoms with Crippen LogP contribution in [-0.4, -0.2) is 37.2 Å². The fourth-order valence-electron chi connectivity index (χ4n) is 2.52. The average Bonchev–Trinajstić information content (AvgIpc) is 2.67. The highest BCUT2D eigenvalue weighted by Crippen LogP contribution is 2.32. The van der Waals surface area contributed by atoms with Crippen molar-refractivity contribution in [3.63, 3.8) is 0 Å². The van der Waals surface area contributed by atoms with Gasteiger partial charge in [-0.2, -0.15) is 0 Å². The van der Waals surface area contributed by atoms with Crippen molar-refractivity contribution in [1.82, 2.24) is 5.32 Å². The Balaban J connectivity index is 2.26. The second-order valence-corrected chi connectivity index (χ2v) is 5.81. The molecule has 0 amide bonds. The first kappa shape index (κ1) is 20.4. The molecule has 0 bridgehead atoms. The monoisotopic (exact) mass is 373 g/mol. The number of methoxy groups -OCH3 is 1. The van der Waals surface area contributed by atoms with Crippen molar-refractivity contribution in [2.75, 3.05) is 14.2 Å². The number of ether oxygens (including phenoxy) is 3. The normalized spacial score (nSPS) is 12.7. The first-order valence-corrected chi connectivity index (χ1v) is 8.38. The van der Waals surface area contributed by atoms with Crippen molar-refractivity contribution in [1.29, 1.82) is 0 Å². The highest BCUT2D eigenvalue weighted by atomic mass is 16.6. The Labute approximate surface area is 157 Å². The van der Waals surface area contributed by atoms with Crippen LogP contribution in [0.1, 0.15) is 24.2 Å². The Hall–Kier alpha value is -2.90. The summed E-state index contributed by atoms with van der Waals surface area (Å²) in [6, 6.07) is 13.2. The van der Waals surface area contributed by atoms with E-state index >= 15 is 0 Å². The van der Waals surface area contributed by atoms with E-state index in [4.69, 9.17) is 9.47 Å². The van der Waals surface area contributed by atoms with Gasteiger partial charge >= 0.3 is 11.9 Å². The van der Waals surface area contributed by atoms with Crippen LogP contribution in [0.15, 0.2) is 48.5 Å². The van der Waals surface area contributed by atoms with Crippen LogP contribution in [0.4, 0.5) is 0 Å². The number of benzene rings is 2. The lowest BCUT2D eigenvalue weighted by atomic mass is 10.0. The molecule has 0 spiro atoms. The molecular formula is C20H23NO6. The van der Waals surface area contributed by atoms with Gasteiger partial charge in [0.15, 0.2) is 11.5 Å². The van der Waals surface area contributed by atoms with Gasteiger partial charge in [0.25, 0.3) is 0 Å². The summed E-state index contributed by atoms with van der Waals surface area (Å²) in [7, 11) is 2.78. The van der Waals surface area contributed by atoms with Gasteiger partial charge in [0.2, 0.25) is 0 Å². The van der Waals surface area contributed by atoms with Crippen LogP contribution in [0.2, 0.25) is 0 Å². The molecule has 0 saturated carbocycles. The fraction of sp³-hybridized carbons (Fsp3) is 0.300. The minimum atomic E-state index is -1.19.